The molecule has 3 N–H and O–H groups in total. The van der Waals surface area contributed by atoms with Gasteiger partial charge in [-0.25, -0.2) is 4.99 Å². The Kier molecular flexibility index (Phi) is 2.92. The van der Waals surface area contributed by atoms with Crippen molar-refractivity contribution in [2.24, 2.45) is 10.7 Å². The maximum absolute atomic E-state index is 5.65. The molecule has 0 aromatic rings. The highest BCUT2D eigenvalue weighted by atomic mass is 15.2. The Morgan fingerprint density at radius 1 is 1.58 bits per heavy atom. The Morgan fingerprint density at radius 3 is 2.58 bits per heavy atom. The fourth-order valence-electron chi connectivity index (χ4n) is 1.28. The van der Waals surface area contributed by atoms with Gasteiger partial charge < -0.3 is 16.0 Å². The van der Waals surface area contributed by atoms with Gasteiger partial charge in [0.1, 0.15) is 0 Å². The molecule has 0 aromatic heterocycles. The van der Waals surface area contributed by atoms with Crippen LogP contribution in [0, 0.1) is 0 Å². The van der Waals surface area contributed by atoms with Gasteiger partial charge in [0.15, 0.2) is 5.96 Å². The third-order valence-electron chi connectivity index (χ3n) is 1.80. The molecule has 1 rings (SSSR count). The first-order valence-electron chi connectivity index (χ1n) is 4.36. The molecule has 4 nitrogen and oxygen atoms in total. The number of hydrogen-bond acceptors (Lipinski definition) is 2. The number of likely N-dealkylation sites (tertiary alicyclic amines) is 1. The summed E-state index contributed by atoms with van der Waals surface area (Å²) in [6.45, 7) is 6.16. The molecule has 0 radical (unpaired) electrons. The summed E-state index contributed by atoms with van der Waals surface area (Å²) in [5.41, 5.74) is 5.65. The monoisotopic (exact) mass is 170 g/mol. The van der Waals surface area contributed by atoms with Gasteiger partial charge in [0.05, 0.1) is 6.04 Å². The number of likely N-dealkylation sites (N-methyl/N-ethyl adjacent to an activating group) is 1. The highest BCUT2D eigenvalue weighted by Crippen LogP contribution is 2.07. The minimum atomic E-state index is 0.367. The molecule has 0 saturated carbocycles. The van der Waals surface area contributed by atoms with Crippen molar-refractivity contribution in [3.63, 3.8) is 0 Å². The predicted molar refractivity (Wildman–Crippen MR) is 51.2 cm³/mol. The first-order chi connectivity index (χ1) is 5.58. The highest BCUT2D eigenvalue weighted by Gasteiger charge is 2.22. The lowest BCUT2D eigenvalue weighted by molar-refractivity contribution is 0.193. The quantitative estimate of drug-likeness (QED) is 0.438. The Bertz CT molecular complexity index is 170. The lowest BCUT2D eigenvalue weighted by Crippen LogP contribution is -2.49. The summed E-state index contributed by atoms with van der Waals surface area (Å²) in [5.74, 6) is 0.572. The molecule has 12 heavy (non-hydrogen) atoms. The summed E-state index contributed by atoms with van der Waals surface area (Å²) in [6.07, 6.45) is 0. The number of guanidine groups is 1. The van der Waals surface area contributed by atoms with E-state index >= 15 is 0 Å². The molecule has 70 valence electrons. The molecule has 0 unspecified atom stereocenters. The molecule has 1 fully saturated rings. The second-order valence-electron chi connectivity index (χ2n) is 3.69. The van der Waals surface area contributed by atoms with Crippen LogP contribution in [0.1, 0.15) is 13.8 Å². The highest BCUT2D eigenvalue weighted by molar-refractivity contribution is 5.78. The molecule has 0 amide bonds. The average molecular weight is 170 g/mol. The number of nitrogens with one attached hydrogen (secondary N) is 1. The van der Waals surface area contributed by atoms with Crippen LogP contribution in [0.5, 0.6) is 0 Å². The predicted octanol–water partition coefficient (Wildman–Crippen LogP) is -0.387. The van der Waals surface area contributed by atoms with Crippen molar-refractivity contribution in [2.45, 2.75) is 25.9 Å². The van der Waals surface area contributed by atoms with Crippen LogP contribution in [-0.4, -0.2) is 43.1 Å². The van der Waals surface area contributed by atoms with Crippen molar-refractivity contribution in [2.75, 3.05) is 20.1 Å². The number of rotatable bonds is 2. The van der Waals surface area contributed by atoms with Crippen LogP contribution in [0.2, 0.25) is 0 Å². The summed E-state index contributed by atoms with van der Waals surface area (Å²) in [7, 11) is 2.08. The molecule has 1 aliphatic rings. The second kappa shape index (κ2) is 3.76. The maximum Gasteiger partial charge on any atom is 0.189 e. The molecule has 1 saturated heterocycles. The average Bonchev–Trinajstić information content (AvgIpc) is 1.82. The SMILES string of the molecule is CC(C)NC(N)=NC1CN(C)C1. The van der Waals surface area contributed by atoms with Gasteiger partial charge in [-0.2, -0.15) is 0 Å². The van der Waals surface area contributed by atoms with Gasteiger partial charge in [-0.1, -0.05) is 0 Å². The summed E-state index contributed by atoms with van der Waals surface area (Å²) in [5, 5.41) is 3.07. The first kappa shape index (κ1) is 9.32. The number of nitrogens with zero attached hydrogens (tertiary/aromatic N) is 2. The minimum absolute atomic E-state index is 0.367. The molecule has 0 bridgehead atoms. The Morgan fingerprint density at radius 2 is 2.17 bits per heavy atom. The zero-order chi connectivity index (χ0) is 9.14. The number of nitrogens with two attached hydrogens (primary N) is 1. The van der Waals surface area contributed by atoms with Crippen molar-refractivity contribution in [3.8, 4) is 0 Å². The van der Waals surface area contributed by atoms with Crippen LogP contribution in [0.3, 0.4) is 0 Å². The summed E-state index contributed by atoms with van der Waals surface area (Å²) >= 11 is 0. The van der Waals surface area contributed by atoms with Gasteiger partial charge >= 0.3 is 0 Å². The van der Waals surface area contributed by atoms with Gasteiger partial charge in [0.25, 0.3) is 0 Å². The third-order valence-corrected chi connectivity index (χ3v) is 1.80. The van der Waals surface area contributed by atoms with E-state index in [2.05, 4.69) is 36.1 Å². The second-order valence-corrected chi connectivity index (χ2v) is 3.69. The minimum Gasteiger partial charge on any atom is -0.370 e. The van der Waals surface area contributed by atoms with Gasteiger partial charge in [0, 0.05) is 19.1 Å². The number of aliphatic imine (C=N–C) groups is 1. The van der Waals surface area contributed by atoms with Gasteiger partial charge in [-0.05, 0) is 20.9 Å². The Hall–Kier alpha value is -0.770. The molecule has 0 aromatic carbocycles. The van der Waals surface area contributed by atoms with Crippen LogP contribution < -0.4 is 11.1 Å². The van der Waals surface area contributed by atoms with Crippen molar-refractivity contribution >= 4 is 5.96 Å². The molecular formula is C8H18N4. The van der Waals surface area contributed by atoms with Gasteiger partial charge in [0.2, 0.25) is 0 Å². The Labute approximate surface area is 73.8 Å². The lowest BCUT2D eigenvalue weighted by Gasteiger charge is -2.33. The van der Waals surface area contributed by atoms with E-state index in [-0.39, 0.29) is 0 Å². The van der Waals surface area contributed by atoms with E-state index in [1.54, 1.807) is 0 Å². The third kappa shape index (κ3) is 2.70. The van der Waals surface area contributed by atoms with E-state index in [0.717, 1.165) is 13.1 Å². The van der Waals surface area contributed by atoms with Crippen LogP contribution in [-0.2, 0) is 0 Å². The Balaban J connectivity index is 2.26. The normalized spacial score (nSPS) is 21.2. The fraction of sp³-hybridized carbons (Fsp3) is 0.875. The van der Waals surface area contributed by atoms with E-state index < -0.39 is 0 Å². The van der Waals surface area contributed by atoms with E-state index in [9.17, 15) is 0 Å². The maximum atomic E-state index is 5.65. The van der Waals surface area contributed by atoms with E-state index in [0.29, 0.717) is 18.0 Å². The molecule has 0 spiro atoms. The lowest BCUT2D eigenvalue weighted by atomic mass is 10.1. The largest absolute Gasteiger partial charge is 0.370 e. The number of hydrogen-bond donors (Lipinski definition) is 2. The van der Waals surface area contributed by atoms with E-state index in [1.807, 2.05) is 0 Å². The van der Waals surface area contributed by atoms with Crippen LogP contribution in [0.25, 0.3) is 0 Å². The van der Waals surface area contributed by atoms with Crippen LogP contribution >= 0.6 is 0 Å². The van der Waals surface area contributed by atoms with Crippen molar-refractivity contribution in [1.29, 1.82) is 0 Å². The van der Waals surface area contributed by atoms with Gasteiger partial charge in [-0.15, -0.1) is 0 Å². The first-order valence-corrected chi connectivity index (χ1v) is 4.36. The van der Waals surface area contributed by atoms with Gasteiger partial charge in [-0.3, -0.25) is 0 Å². The van der Waals surface area contributed by atoms with Crippen molar-refractivity contribution < 1.29 is 0 Å². The standard InChI is InChI=1S/C8H18N4/c1-6(2)10-8(9)11-7-4-12(3)5-7/h6-7H,4-5H2,1-3H3,(H3,9,10,11). The molecule has 1 heterocycles. The molecule has 4 heteroatoms. The van der Waals surface area contributed by atoms with Crippen molar-refractivity contribution in [3.05, 3.63) is 0 Å². The smallest absolute Gasteiger partial charge is 0.189 e. The fourth-order valence-corrected chi connectivity index (χ4v) is 1.28. The van der Waals surface area contributed by atoms with Crippen LogP contribution in [0.4, 0.5) is 0 Å². The summed E-state index contributed by atoms with van der Waals surface area (Å²) in [4.78, 5) is 6.53. The van der Waals surface area contributed by atoms with E-state index in [4.69, 9.17) is 5.73 Å². The topological polar surface area (TPSA) is 53.6 Å². The molecular weight excluding hydrogens is 152 g/mol. The zero-order valence-corrected chi connectivity index (χ0v) is 8.04. The molecule has 0 atom stereocenters. The summed E-state index contributed by atoms with van der Waals surface area (Å²) in [6, 6.07) is 0.771. The summed E-state index contributed by atoms with van der Waals surface area (Å²) < 4.78 is 0. The molecule has 0 aliphatic carbocycles. The van der Waals surface area contributed by atoms with Crippen LogP contribution in [0.15, 0.2) is 4.99 Å². The van der Waals surface area contributed by atoms with Crippen molar-refractivity contribution in [1.82, 2.24) is 10.2 Å². The van der Waals surface area contributed by atoms with E-state index in [1.165, 1.54) is 0 Å². The zero-order valence-electron chi connectivity index (χ0n) is 8.04. The molecule has 1 aliphatic heterocycles.